The Morgan fingerprint density at radius 1 is 1.33 bits per heavy atom. The molecular formula is C16H18N2O3. The lowest BCUT2D eigenvalue weighted by atomic mass is 9.94. The number of benzene rings is 1. The lowest BCUT2D eigenvalue weighted by Crippen LogP contribution is -2.40. The molecule has 1 saturated heterocycles. The monoisotopic (exact) mass is 286 g/mol. The number of rotatable bonds is 3. The maximum absolute atomic E-state index is 12.7. The maximum Gasteiger partial charge on any atom is 0.303 e. The number of aromatic nitrogens is 1. The van der Waals surface area contributed by atoms with Crippen LogP contribution in [0.3, 0.4) is 0 Å². The fourth-order valence-electron chi connectivity index (χ4n) is 3.10. The molecule has 1 aliphatic rings. The second-order valence-corrected chi connectivity index (χ2v) is 5.60. The van der Waals surface area contributed by atoms with Gasteiger partial charge in [-0.2, -0.15) is 0 Å². The van der Waals surface area contributed by atoms with E-state index in [1.807, 2.05) is 30.5 Å². The van der Waals surface area contributed by atoms with Gasteiger partial charge in [0.05, 0.1) is 11.1 Å². The first-order valence-corrected chi connectivity index (χ1v) is 7.22. The van der Waals surface area contributed by atoms with Crippen LogP contribution in [0, 0.1) is 5.92 Å². The van der Waals surface area contributed by atoms with E-state index in [9.17, 15) is 9.59 Å². The van der Waals surface area contributed by atoms with Crippen molar-refractivity contribution in [1.82, 2.24) is 9.88 Å². The van der Waals surface area contributed by atoms with Gasteiger partial charge in [0, 0.05) is 31.1 Å². The van der Waals surface area contributed by atoms with Crippen molar-refractivity contribution in [1.29, 1.82) is 0 Å². The van der Waals surface area contributed by atoms with Crippen molar-refractivity contribution in [3.63, 3.8) is 0 Å². The van der Waals surface area contributed by atoms with Crippen LogP contribution in [0.15, 0.2) is 30.5 Å². The van der Waals surface area contributed by atoms with Gasteiger partial charge in [0.1, 0.15) is 0 Å². The molecule has 1 aromatic carbocycles. The standard InChI is InChI=1S/C16H18N2O3/c19-14(20)9-11-3-2-8-18(10-11)16(21)13-5-1-4-12-6-7-17-15(12)13/h1,4-7,11,17H,2-3,8-10H2,(H,19,20). The Morgan fingerprint density at radius 2 is 2.19 bits per heavy atom. The Morgan fingerprint density at radius 3 is 3.00 bits per heavy atom. The third kappa shape index (κ3) is 2.77. The van der Waals surface area contributed by atoms with E-state index in [4.69, 9.17) is 5.11 Å². The summed E-state index contributed by atoms with van der Waals surface area (Å²) >= 11 is 0. The second-order valence-electron chi connectivity index (χ2n) is 5.60. The zero-order valence-corrected chi connectivity index (χ0v) is 11.7. The average Bonchev–Trinajstić information content (AvgIpc) is 2.94. The van der Waals surface area contributed by atoms with Crippen molar-refractivity contribution in [3.05, 3.63) is 36.0 Å². The minimum atomic E-state index is -0.791. The summed E-state index contributed by atoms with van der Waals surface area (Å²) in [6, 6.07) is 7.60. The predicted molar refractivity (Wildman–Crippen MR) is 79.2 cm³/mol. The maximum atomic E-state index is 12.7. The fourth-order valence-corrected chi connectivity index (χ4v) is 3.10. The number of hydrogen-bond donors (Lipinski definition) is 2. The molecule has 0 aliphatic carbocycles. The Bertz CT molecular complexity index is 677. The Hall–Kier alpha value is -2.30. The number of nitrogens with one attached hydrogen (secondary N) is 1. The van der Waals surface area contributed by atoms with E-state index in [0.717, 1.165) is 23.7 Å². The zero-order chi connectivity index (χ0) is 14.8. The van der Waals surface area contributed by atoms with E-state index in [0.29, 0.717) is 18.7 Å². The molecule has 5 nitrogen and oxygen atoms in total. The van der Waals surface area contributed by atoms with E-state index in [2.05, 4.69) is 4.98 Å². The highest BCUT2D eigenvalue weighted by Crippen LogP contribution is 2.24. The normalized spacial score (nSPS) is 18.9. The number of likely N-dealkylation sites (tertiary alicyclic amines) is 1. The van der Waals surface area contributed by atoms with Gasteiger partial charge in [-0.15, -0.1) is 0 Å². The van der Waals surface area contributed by atoms with E-state index in [1.165, 1.54) is 0 Å². The number of carboxylic acid groups (broad SMARTS) is 1. The van der Waals surface area contributed by atoms with Gasteiger partial charge in [0.15, 0.2) is 0 Å². The summed E-state index contributed by atoms with van der Waals surface area (Å²) in [6.45, 7) is 1.23. The van der Waals surface area contributed by atoms with E-state index >= 15 is 0 Å². The number of hydrogen-bond acceptors (Lipinski definition) is 2. The number of aromatic amines is 1. The summed E-state index contributed by atoms with van der Waals surface area (Å²) in [5.41, 5.74) is 1.51. The number of H-pyrrole nitrogens is 1. The largest absolute Gasteiger partial charge is 0.481 e. The number of para-hydroxylation sites is 1. The number of amides is 1. The molecule has 1 atom stereocenters. The minimum absolute atomic E-state index is 0.0156. The molecule has 0 radical (unpaired) electrons. The van der Waals surface area contributed by atoms with Crippen molar-refractivity contribution in [2.75, 3.05) is 13.1 Å². The molecule has 110 valence electrons. The Labute approximate surface area is 122 Å². The molecule has 2 N–H and O–H groups in total. The first-order chi connectivity index (χ1) is 10.1. The smallest absolute Gasteiger partial charge is 0.303 e. The predicted octanol–water partition coefficient (Wildman–Crippen LogP) is 2.49. The van der Waals surface area contributed by atoms with Gasteiger partial charge in [-0.3, -0.25) is 9.59 Å². The first-order valence-electron chi connectivity index (χ1n) is 7.22. The van der Waals surface area contributed by atoms with Gasteiger partial charge < -0.3 is 15.0 Å². The summed E-state index contributed by atoms with van der Waals surface area (Å²) in [4.78, 5) is 28.4. The molecule has 1 fully saturated rings. The third-order valence-corrected chi connectivity index (χ3v) is 4.09. The number of piperidine rings is 1. The summed E-state index contributed by atoms with van der Waals surface area (Å²) in [7, 11) is 0. The van der Waals surface area contributed by atoms with E-state index < -0.39 is 5.97 Å². The minimum Gasteiger partial charge on any atom is -0.481 e. The van der Waals surface area contributed by atoms with Crippen LogP contribution in [0.2, 0.25) is 0 Å². The molecule has 2 aromatic rings. The lowest BCUT2D eigenvalue weighted by molar-refractivity contribution is -0.138. The van der Waals surface area contributed by atoms with Crippen LogP contribution in [0.4, 0.5) is 0 Å². The Balaban J connectivity index is 1.81. The second kappa shape index (κ2) is 5.60. The highest BCUT2D eigenvalue weighted by Gasteiger charge is 2.26. The van der Waals surface area contributed by atoms with Crippen molar-refractivity contribution in [2.24, 2.45) is 5.92 Å². The van der Waals surface area contributed by atoms with E-state index in [1.54, 1.807) is 4.90 Å². The average molecular weight is 286 g/mol. The van der Waals surface area contributed by atoms with Crippen molar-refractivity contribution < 1.29 is 14.7 Å². The van der Waals surface area contributed by atoms with Crippen molar-refractivity contribution >= 4 is 22.8 Å². The van der Waals surface area contributed by atoms with Gasteiger partial charge in [0.25, 0.3) is 5.91 Å². The van der Waals surface area contributed by atoms with Crippen LogP contribution in [-0.4, -0.2) is 40.0 Å². The molecule has 1 unspecified atom stereocenters. The summed E-state index contributed by atoms with van der Waals surface area (Å²) in [5.74, 6) is -0.748. The molecule has 0 saturated carbocycles. The first kappa shape index (κ1) is 13.7. The SMILES string of the molecule is O=C(O)CC1CCCN(C(=O)c2cccc3cc[nH]c23)C1. The van der Waals surface area contributed by atoms with Crippen molar-refractivity contribution in [3.8, 4) is 0 Å². The number of aliphatic carboxylic acids is 1. The quantitative estimate of drug-likeness (QED) is 0.910. The molecule has 1 amide bonds. The highest BCUT2D eigenvalue weighted by molar-refractivity contribution is 6.05. The zero-order valence-electron chi connectivity index (χ0n) is 11.7. The third-order valence-electron chi connectivity index (χ3n) is 4.09. The topological polar surface area (TPSA) is 73.4 Å². The molecule has 0 bridgehead atoms. The number of carboxylic acids is 1. The van der Waals surface area contributed by atoms with Crippen LogP contribution >= 0.6 is 0 Å². The van der Waals surface area contributed by atoms with E-state index in [-0.39, 0.29) is 18.2 Å². The van der Waals surface area contributed by atoms with Gasteiger partial charge in [-0.25, -0.2) is 0 Å². The number of carbonyl (C=O) groups excluding carboxylic acids is 1. The molecule has 3 rings (SSSR count). The lowest BCUT2D eigenvalue weighted by Gasteiger charge is -2.32. The molecule has 0 spiro atoms. The van der Waals surface area contributed by atoms with Crippen LogP contribution in [-0.2, 0) is 4.79 Å². The van der Waals surface area contributed by atoms with Gasteiger partial charge in [-0.05, 0) is 30.9 Å². The highest BCUT2D eigenvalue weighted by atomic mass is 16.4. The van der Waals surface area contributed by atoms with Crippen LogP contribution in [0.25, 0.3) is 10.9 Å². The molecule has 1 aromatic heterocycles. The van der Waals surface area contributed by atoms with Crippen molar-refractivity contribution in [2.45, 2.75) is 19.3 Å². The fraction of sp³-hybridized carbons (Fsp3) is 0.375. The summed E-state index contributed by atoms with van der Waals surface area (Å²) in [6.07, 6.45) is 3.70. The van der Waals surface area contributed by atoms with Gasteiger partial charge in [-0.1, -0.05) is 12.1 Å². The van der Waals surface area contributed by atoms with Crippen LogP contribution in [0.5, 0.6) is 0 Å². The number of fused-ring (bicyclic) bond motifs is 1. The Kier molecular flexibility index (Phi) is 3.64. The van der Waals surface area contributed by atoms with Crippen LogP contribution in [0.1, 0.15) is 29.6 Å². The number of carbonyl (C=O) groups is 2. The van der Waals surface area contributed by atoms with Crippen LogP contribution < -0.4 is 0 Å². The van der Waals surface area contributed by atoms with Gasteiger partial charge in [0.2, 0.25) is 0 Å². The molecule has 2 heterocycles. The molecular weight excluding hydrogens is 268 g/mol. The molecule has 21 heavy (non-hydrogen) atoms. The summed E-state index contributed by atoms with van der Waals surface area (Å²) in [5, 5.41) is 9.93. The molecule has 5 heteroatoms. The molecule has 1 aliphatic heterocycles. The number of nitrogens with zero attached hydrogens (tertiary/aromatic N) is 1. The summed E-state index contributed by atoms with van der Waals surface area (Å²) < 4.78 is 0. The van der Waals surface area contributed by atoms with Gasteiger partial charge >= 0.3 is 5.97 Å².